The molecule has 2 aliphatic rings. The van der Waals surface area contributed by atoms with Gasteiger partial charge in [-0.25, -0.2) is 0 Å². The molecule has 1 amide bonds. The molecule has 0 fully saturated rings. The Kier molecular flexibility index (Phi) is 3.68. The van der Waals surface area contributed by atoms with Gasteiger partial charge < -0.3 is 4.90 Å². The van der Waals surface area contributed by atoms with Crippen LogP contribution in [0.2, 0.25) is 0 Å². The van der Waals surface area contributed by atoms with E-state index in [4.69, 9.17) is 0 Å². The van der Waals surface area contributed by atoms with Gasteiger partial charge in [-0.3, -0.25) is 4.79 Å². The maximum atomic E-state index is 13.6. The second-order valence-corrected chi connectivity index (χ2v) is 7.68. The minimum Gasteiger partial charge on any atom is -0.318 e. The third kappa shape index (κ3) is 2.22. The number of benzene rings is 3. The molecule has 0 aromatic heterocycles. The van der Waals surface area contributed by atoms with Crippen LogP contribution in [0.3, 0.4) is 0 Å². The van der Waals surface area contributed by atoms with Crippen LogP contribution < -0.4 is 0 Å². The molecule has 2 nitrogen and oxygen atoms in total. The number of carbonyl (C=O) groups is 1. The van der Waals surface area contributed by atoms with Crippen molar-refractivity contribution in [1.82, 2.24) is 4.90 Å². The van der Waals surface area contributed by atoms with Crippen molar-refractivity contribution in [3.8, 4) is 0 Å². The molecule has 1 aliphatic heterocycles. The third-order valence-corrected chi connectivity index (χ3v) is 6.35. The number of aryl methyl sites for hydroxylation is 1. The molecule has 0 N–H and O–H groups in total. The van der Waals surface area contributed by atoms with Gasteiger partial charge in [0.1, 0.15) is 0 Å². The van der Waals surface area contributed by atoms with Gasteiger partial charge in [-0.1, -0.05) is 72.8 Å². The summed E-state index contributed by atoms with van der Waals surface area (Å²) in [7, 11) is 0. The first-order chi connectivity index (χ1) is 13.2. The SMILES string of the molecule is C[C@@H](c1ccccc1)N1C(=O)c2ccccc2[C@]12CCCc1ccccc12. The summed E-state index contributed by atoms with van der Waals surface area (Å²) in [5.41, 5.74) is 5.52. The van der Waals surface area contributed by atoms with E-state index in [0.29, 0.717) is 0 Å². The Morgan fingerprint density at radius 1 is 0.852 bits per heavy atom. The zero-order chi connectivity index (χ0) is 18.4. The van der Waals surface area contributed by atoms with Crippen molar-refractivity contribution in [2.75, 3.05) is 0 Å². The summed E-state index contributed by atoms with van der Waals surface area (Å²) in [5, 5.41) is 0. The van der Waals surface area contributed by atoms with E-state index in [1.54, 1.807) is 0 Å². The summed E-state index contributed by atoms with van der Waals surface area (Å²) in [6.07, 6.45) is 3.16. The quantitative estimate of drug-likeness (QED) is 0.597. The Morgan fingerprint density at radius 2 is 1.52 bits per heavy atom. The van der Waals surface area contributed by atoms with E-state index in [0.717, 1.165) is 24.8 Å². The highest BCUT2D eigenvalue weighted by atomic mass is 16.2. The van der Waals surface area contributed by atoms with Crippen LogP contribution in [-0.4, -0.2) is 10.8 Å². The molecule has 3 aromatic rings. The monoisotopic (exact) mass is 353 g/mol. The lowest BCUT2D eigenvalue weighted by atomic mass is 9.72. The van der Waals surface area contributed by atoms with Crippen LogP contribution in [0.25, 0.3) is 0 Å². The number of amides is 1. The molecule has 0 saturated carbocycles. The number of fused-ring (bicyclic) bond motifs is 4. The minimum atomic E-state index is -0.363. The molecular formula is C25H23NO. The molecule has 0 unspecified atom stereocenters. The van der Waals surface area contributed by atoms with Crippen LogP contribution in [0.1, 0.15) is 58.4 Å². The molecule has 1 aliphatic carbocycles. The van der Waals surface area contributed by atoms with Crippen LogP contribution in [-0.2, 0) is 12.0 Å². The summed E-state index contributed by atoms with van der Waals surface area (Å²) in [5.74, 6) is 0.152. The molecule has 0 bridgehead atoms. The number of nitrogens with zero attached hydrogens (tertiary/aromatic N) is 1. The Morgan fingerprint density at radius 3 is 2.33 bits per heavy atom. The molecule has 134 valence electrons. The van der Waals surface area contributed by atoms with E-state index >= 15 is 0 Å². The van der Waals surface area contributed by atoms with Gasteiger partial charge in [-0.15, -0.1) is 0 Å². The Bertz CT molecular complexity index is 1010. The normalized spacial score (nSPS) is 21.8. The number of hydrogen-bond acceptors (Lipinski definition) is 1. The molecule has 5 rings (SSSR count). The predicted molar refractivity (Wildman–Crippen MR) is 108 cm³/mol. The van der Waals surface area contributed by atoms with Crippen molar-refractivity contribution < 1.29 is 4.79 Å². The van der Waals surface area contributed by atoms with Crippen molar-refractivity contribution >= 4 is 5.91 Å². The Balaban J connectivity index is 1.77. The first-order valence-electron chi connectivity index (χ1n) is 9.80. The largest absolute Gasteiger partial charge is 0.318 e. The van der Waals surface area contributed by atoms with E-state index in [-0.39, 0.29) is 17.5 Å². The van der Waals surface area contributed by atoms with E-state index in [1.165, 1.54) is 22.3 Å². The molecule has 0 saturated heterocycles. The van der Waals surface area contributed by atoms with Gasteiger partial charge >= 0.3 is 0 Å². The molecular weight excluding hydrogens is 330 g/mol. The maximum Gasteiger partial charge on any atom is 0.255 e. The first-order valence-corrected chi connectivity index (χ1v) is 9.80. The smallest absolute Gasteiger partial charge is 0.255 e. The van der Waals surface area contributed by atoms with Crippen LogP contribution in [0.5, 0.6) is 0 Å². The molecule has 2 heteroatoms. The summed E-state index contributed by atoms with van der Waals surface area (Å²) >= 11 is 0. The highest BCUT2D eigenvalue weighted by molar-refractivity contribution is 6.01. The van der Waals surface area contributed by atoms with Crippen molar-refractivity contribution in [3.05, 3.63) is 107 Å². The number of rotatable bonds is 2. The lowest BCUT2D eigenvalue weighted by Crippen LogP contribution is -2.48. The van der Waals surface area contributed by atoms with Crippen LogP contribution >= 0.6 is 0 Å². The van der Waals surface area contributed by atoms with Gasteiger partial charge in [0.2, 0.25) is 0 Å². The zero-order valence-electron chi connectivity index (χ0n) is 15.6. The fourth-order valence-corrected chi connectivity index (χ4v) is 5.19. The Labute approximate surface area is 160 Å². The lowest BCUT2D eigenvalue weighted by molar-refractivity contribution is 0.0460. The second kappa shape index (κ2) is 6.09. The fraction of sp³-hybridized carbons (Fsp3) is 0.240. The van der Waals surface area contributed by atoms with Crippen molar-refractivity contribution in [1.29, 1.82) is 0 Å². The van der Waals surface area contributed by atoms with E-state index in [2.05, 4.69) is 72.5 Å². The van der Waals surface area contributed by atoms with E-state index < -0.39 is 0 Å². The topological polar surface area (TPSA) is 20.3 Å². The third-order valence-electron chi connectivity index (χ3n) is 6.35. The van der Waals surface area contributed by atoms with Gasteiger partial charge in [0.05, 0.1) is 11.6 Å². The highest BCUT2D eigenvalue weighted by Crippen LogP contribution is 2.53. The van der Waals surface area contributed by atoms with Crippen molar-refractivity contribution in [2.45, 2.75) is 37.8 Å². The highest BCUT2D eigenvalue weighted by Gasteiger charge is 2.53. The van der Waals surface area contributed by atoms with Gasteiger partial charge in [0.25, 0.3) is 5.91 Å². The van der Waals surface area contributed by atoms with Crippen LogP contribution in [0.4, 0.5) is 0 Å². The van der Waals surface area contributed by atoms with Crippen molar-refractivity contribution in [3.63, 3.8) is 0 Å². The molecule has 1 spiro atoms. The minimum absolute atomic E-state index is 0.0113. The van der Waals surface area contributed by atoms with E-state index in [1.807, 2.05) is 18.2 Å². The standard InChI is InChI=1S/C25H23NO/c1-18(19-10-3-2-4-11-19)26-24(27)21-14-6-8-16-23(21)25(26)17-9-13-20-12-5-7-15-22(20)25/h2-8,10-12,14-16,18H,9,13,17H2,1H3/t18-,25+/m0/s1. The van der Waals surface area contributed by atoms with Gasteiger partial charge in [-0.05, 0) is 54.5 Å². The van der Waals surface area contributed by atoms with Crippen molar-refractivity contribution in [2.24, 2.45) is 0 Å². The molecule has 1 heterocycles. The average molecular weight is 353 g/mol. The summed E-state index contributed by atoms with van der Waals surface area (Å²) in [6.45, 7) is 2.16. The molecule has 3 aromatic carbocycles. The van der Waals surface area contributed by atoms with E-state index in [9.17, 15) is 4.79 Å². The van der Waals surface area contributed by atoms with Crippen LogP contribution in [0.15, 0.2) is 78.9 Å². The first kappa shape index (κ1) is 16.3. The van der Waals surface area contributed by atoms with Gasteiger partial charge in [0.15, 0.2) is 0 Å². The molecule has 27 heavy (non-hydrogen) atoms. The average Bonchev–Trinajstić information content (AvgIpc) is 2.98. The zero-order valence-corrected chi connectivity index (χ0v) is 15.6. The fourth-order valence-electron chi connectivity index (χ4n) is 5.19. The number of hydrogen-bond donors (Lipinski definition) is 0. The Hall–Kier alpha value is -2.87. The maximum absolute atomic E-state index is 13.6. The second-order valence-electron chi connectivity index (χ2n) is 7.68. The molecule has 2 atom stereocenters. The molecule has 0 radical (unpaired) electrons. The van der Waals surface area contributed by atoms with Gasteiger partial charge in [-0.2, -0.15) is 0 Å². The summed E-state index contributed by atoms with van der Waals surface area (Å²) in [4.78, 5) is 15.8. The number of carbonyl (C=O) groups excluding carboxylic acids is 1. The lowest BCUT2D eigenvalue weighted by Gasteiger charge is -2.46. The van der Waals surface area contributed by atoms with Crippen LogP contribution in [0, 0.1) is 0 Å². The van der Waals surface area contributed by atoms with Gasteiger partial charge in [0, 0.05) is 5.56 Å². The summed E-state index contributed by atoms with van der Waals surface area (Å²) < 4.78 is 0. The predicted octanol–water partition coefficient (Wildman–Crippen LogP) is 5.48. The summed E-state index contributed by atoms with van der Waals surface area (Å²) in [6, 6.07) is 27.3.